The summed E-state index contributed by atoms with van der Waals surface area (Å²) >= 11 is 0. The van der Waals surface area contributed by atoms with Gasteiger partial charge in [0.1, 0.15) is 11.9 Å². The smallest absolute Gasteiger partial charge is 0.265 e. The van der Waals surface area contributed by atoms with Crippen LogP contribution in [0.3, 0.4) is 0 Å². The molecule has 2 aromatic rings. The summed E-state index contributed by atoms with van der Waals surface area (Å²) in [5.74, 6) is 1.83. The number of hydrogen-bond acceptors (Lipinski definition) is 4. The Morgan fingerprint density at radius 3 is 2.54 bits per heavy atom. The fourth-order valence-electron chi connectivity index (χ4n) is 2.69. The number of para-hydroxylation sites is 4. The van der Waals surface area contributed by atoms with Crippen molar-refractivity contribution >= 4 is 11.6 Å². The number of nitrogens with zero attached hydrogens (tertiary/aromatic N) is 1. The molecule has 0 radical (unpaired) electrons. The fourth-order valence-corrected chi connectivity index (χ4v) is 2.69. The average Bonchev–Trinajstić information content (AvgIpc) is 2.60. The van der Waals surface area contributed by atoms with Crippen molar-refractivity contribution in [3.63, 3.8) is 0 Å². The molecule has 126 valence electrons. The molecule has 0 saturated carbocycles. The first kappa shape index (κ1) is 16.2. The van der Waals surface area contributed by atoms with E-state index in [4.69, 9.17) is 14.2 Å². The Hall–Kier alpha value is -2.69. The van der Waals surface area contributed by atoms with E-state index in [1.165, 1.54) is 0 Å². The topological polar surface area (TPSA) is 48.0 Å². The third kappa shape index (κ3) is 3.45. The van der Waals surface area contributed by atoms with Gasteiger partial charge >= 0.3 is 0 Å². The van der Waals surface area contributed by atoms with E-state index in [0.717, 1.165) is 11.4 Å². The van der Waals surface area contributed by atoms with Gasteiger partial charge in [-0.05, 0) is 38.1 Å². The lowest BCUT2D eigenvalue weighted by atomic mass is 10.2. The molecule has 5 heteroatoms. The lowest BCUT2D eigenvalue weighted by molar-refractivity contribution is -0.121. The predicted molar refractivity (Wildman–Crippen MR) is 92.0 cm³/mol. The van der Waals surface area contributed by atoms with Crippen molar-refractivity contribution in [1.29, 1.82) is 0 Å². The molecule has 1 aliphatic heterocycles. The molecule has 0 aliphatic carbocycles. The highest BCUT2D eigenvalue weighted by Crippen LogP contribution is 2.33. The summed E-state index contributed by atoms with van der Waals surface area (Å²) in [4.78, 5) is 14.4. The number of amides is 1. The first-order valence-corrected chi connectivity index (χ1v) is 8.09. The van der Waals surface area contributed by atoms with Crippen molar-refractivity contribution in [1.82, 2.24) is 0 Å². The van der Waals surface area contributed by atoms with Gasteiger partial charge in [0.25, 0.3) is 5.91 Å². The molecule has 1 unspecified atom stereocenters. The molecule has 3 rings (SSSR count). The summed E-state index contributed by atoms with van der Waals surface area (Å²) in [6.07, 6.45) is -0.0560. The van der Waals surface area contributed by atoms with Crippen LogP contribution in [0, 0.1) is 0 Å². The molecule has 0 saturated heterocycles. The Bertz CT molecular complexity index is 716. The van der Waals surface area contributed by atoms with Crippen LogP contribution in [0.25, 0.3) is 0 Å². The van der Waals surface area contributed by atoms with Crippen LogP contribution < -0.4 is 19.1 Å². The Balaban J connectivity index is 1.72. The Morgan fingerprint density at radius 1 is 1.12 bits per heavy atom. The first-order valence-electron chi connectivity index (χ1n) is 8.09. The van der Waals surface area contributed by atoms with Gasteiger partial charge in [0, 0.05) is 0 Å². The molecule has 0 spiro atoms. The largest absolute Gasteiger partial charge is 0.490 e. The van der Waals surface area contributed by atoms with E-state index in [1.807, 2.05) is 56.3 Å². The van der Waals surface area contributed by atoms with Crippen molar-refractivity contribution in [2.75, 3.05) is 24.7 Å². The molecule has 1 atom stereocenters. The third-order valence-corrected chi connectivity index (χ3v) is 3.73. The van der Waals surface area contributed by atoms with Gasteiger partial charge in [0.05, 0.1) is 18.8 Å². The number of anilines is 1. The number of carbonyl (C=O) groups is 1. The summed E-state index contributed by atoms with van der Waals surface area (Å²) in [6, 6.07) is 14.9. The normalized spacial score (nSPS) is 16.1. The van der Waals surface area contributed by atoms with E-state index >= 15 is 0 Å². The summed E-state index contributed by atoms with van der Waals surface area (Å²) in [6.45, 7) is 4.86. The Kier molecular flexibility index (Phi) is 4.89. The maximum atomic E-state index is 12.7. The van der Waals surface area contributed by atoms with Crippen LogP contribution in [-0.4, -0.2) is 31.8 Å². The monoisotopic (exact) mass is 327 g/mol. The van der Waals surface area contributed by atoms with E-state index in [2.05, 4.69) is 0 Å². The van der Waals surface area contributed by atoms with Crippen molar-refractivity contribution < 1.29 is 19.0 Å². The molecule has 0 bridgehead atoms. The summed E-state index contributed by atoms with van der Waals surface area (Å²) < 4.78 is 17.0. The van der Waals surface area contributed by atoms with Crippen molar-refractivity contribution in [2.24, 2.45) is 0 Å². The minimum atomic E-state index is -0.107. The predicted octanol–water partition coefficient (Wildman–Crippen LogP) is 3.28. The van der Waals surface area contributed by atoms with Crippen LogP contribution in [0.15, 0.2) is 48.5 Å². The molecule has 5 nitrogen and oxygen atoms in total. The standard InChI is InChI=1S/C19H21NO4/c1-3-22-17-10-6-7-11-18(17)23-13-19(21)20-12-14(2)24-16-9-5-4-8-15(16)20/h4-11,14H,3,12-13H2,1-2H3. The highest BCUT2D eigenvalue weighted by molar-refractivity contribution is 5.96. The lowest BCUT2D eigenvalue weighted by Gasteiger charge is -2.33. The van der Waals surface area contributed by atoms with Gasteiger partial charge in [-0.1, -0.05) is 24.3 Å². The van der Waals surface area contributed by atoms with Gasteiger partial charge < -0.3 is 19.1 Å². The molecule has 0 aromatic heterocycles. The van der Waals surface area contributed by atoms with Gasteiger partial charge in [-0.3, -0.25) is 4.79 Å². The zero-order valence-corrected chi connectivity index (χ0v) is 13.9. The minimum Gasteiger partial charge on any atom is -0.490 e. The number of fused-ring (bicyclic) bond motifs is 1. The second-order valence-corrected chi connectivity index (χ2v) is 5.57. The highest BCUT2D eigenvalue weighted by Gasteiger charge is 2.27. The highest BCUT2D eigenvalue weighted by atomic mass is 16.5. The second-order valence-electron chi connectivity index (χ2n) is 5.57. The Morgan fingerprint density at radius 2 is 1.79 bits per heavy atom. The molecular formula is C19H21NO4. The van der Waals surface area contributed by atoms with Crippen LogP contribution in [0.4, 0.5) is 5.69 Å². The molecule has 0 N–H and O–H groups in total. The number of carbonyl (C=O) groups excluding carboxylic acids is 1. The van der Waals surface area contributed by atoms with Crippen LogP contribution >= 0.6 is 0 Å². The van der Waals surface area contributed by atoms with Gasteiger partial charge in [0.2, 0.25) is 0 Å². The van der Waals surface area contributed by atoms with Gasteiger partial charge in [-0.25, -0.2) is 0 Å². The first-order chi connectivity index (χ1) is 11.7. The quantitative estimate of drug-likeness (QED) is 0.845. The maximum Gasteiger partial charge on any atom is 0.265 e. The van der Waals surface area contributed by atoms with Crippen LogP contribution in [-0.2, 0) is 4.79 Å². The number of rotatable bonds is 5. The number of ether oxygens (including phenoxy) is 3. The van der Waals surface area contributed by atoms with E-state index in [0.29, 0.717) is 24.7 Å². The summed E-state index contributed by atoms with van der Waals surface area (Å²) in [5.41, 5.74) is 0.780. The Labute approximate surface area is 141 Å². The van der Waals surface area contributed by atoms with E-state index in [-0.39, 0.29) is 18.6 Å². The number of hydrogen-bond donors (Lipinski definition) is 0. The minimum absolute atomic E-state index is 0.0505. The number of benzene rings is 2. The zero-order chi connectivity index (χ0) is 16.9. The molecule has 1 aliphatic rings. The molecule has 0 fully saturated rings. The van der Waals surface area contributed by atoms with Gasteiger partial charge in [-0.15, -0.1) is 0 Å². The molecule has 1 amide bonds. The molecule has 2 aromatic carbocycles. The summed E-state index contributed by atoms with van der Waals surface area (Å²) in [7, 11) is 0. The average molecular weight is 327 g/mol. The van der Waals surface area contributed by atoms with Gasteiger partial charge in [0.15, 0.2) is 18.1 Å². The maximum absolute atomic E-state index is 12.7. The lowest BCUT2D eigenvalue weighted by Crippen LogP contribution is -2.44. The zero-order valence-electron chi connectivity index (χ0n) is 13.9. The van der Waals surface area contributed by atoms with Crippen molar-refractivity contribution in [2.45, 2.75) is 20.0 Å². The molecule has 1 heterocycles. The van der Waals surface area contributed by atoms with Crippen molar-refractivity contribution in [3.05, 3.63) is 48.5 Å². The molecular weight excluding hydrogens is 306 g/mol. The SMILES string of the molecule is CCOc1ccccc1OCC(=O)N1CC(C)Oc2ccccc21. The van der Waals surface area contributed by atoms with E-state index in [1.54, 1.807) is 11.0 Å². The van der Waals surface area contributed by atoms with E-state index < -0.39 is 0 Å². The van der Waals surface area contributed by atoms with Crippen LogP contribution in [0.2, 0.25) is 0 Å². The van der Waals surface area contributed by atoms with Gasteiger partial charge in [-0.2, -0.15) is 0 Å². The van der Waals surface area contributed by atoms with Crippen molar-refractivity contribution in [3.8, 4) is 17.2 Å². The molecule has 24 heavy (non-hydrogen) atoms. The fraction of sp³-hybridized carbons (Fsp3) is 0.316. The van der Waals surface area contributed by atoms with E-state index in [9.17, 15) is 4.79 Å². The van der Waals surface area contributed by atoms with Crippen LogP contribution in [0.1, 0.15) is 13.8 Å². The summed E-state index contributed by atoms with van der Waals surface area (Å²) in [5, 5.41) is 0. The van der Waals surface area contributed by atoms with Crippen LogP contribution in [0.5, 0.6) is 17.2 Å². The third-order valence-electron chi connectivity index (χ3n) is 3.73. The second kappa shape index (κ2) is 7.25.